The third-order valence-corrected chi connectivity index (χ3v) is 7.95. The second kappa shape index (κ2) is 10.7. The van der Waals surface area contributed by atoms with Gasteiger partial charge in [-0.1, -0.05) is 30.3 Å². The van der Waals surface area contributed by atoms with Crippen LogP contribution in [-0.4, -0.2) is 23.8 Å². The second-order valence-electron chi connectivity index (χ2n) is 8.50. The van der Waals surface area contributed by atoms with Crippen LogP contribution in [0.4, 0.5) is 37.7 Å². The molecule has 4 nitrogen and oxygen atoms in total. The van der Waals surface area contributed by atoms with Crippen LogP contribution in [0.25, 0.3) is 0 Å². The first kappa shape index (κ1) is 26.3. The summed E-state index contributed by atoms with van der Waals surface area (Å²) in [7, 11) is -2.51. The molecule has 0 aliphatic carbocycles. The zero-order chi connectivity index (χ0) is 25.9. The number of anilines is 2. The molecule has 36 heavy (non-hydrogen) atoms. The molecule has 0 saturated carbocycles. The average molecular weight is 527 g/mol. The van der Waals surface area contributed by atoms with Crippen LogP contribution in [0, 0.1) is 0 Å². The first-order valence-corrected chi connectivity index (χ1v) is 12.5. The number of rotatable bonds is 7. The van der Waals surface area contributed by atoms with Crippen molar-refractivity contribution in [3.8, 4) is 0 Å². The van der Waals surface area contributed by atoms with Crippen molar-refractivity contribution in [2.45, 2.75) is 31.4 Å². The Balaban J connectivity index is 1.46. The summed E-state index contributed by atoms with van der Waals surface area (Å²) in [5.41, 5.74) is 0.420. The Labute approximate surface area is 206 Å². The summed E-state index contributed by atoms with van der Waals surface area (Å²) in [6.45, 7) is 1.17. The maximum atomic E-state index is 13.5. The van der Waals surface area contributed by atoms with Crippen molar-refractivity contribution in [1.82, 2.24) is 4.67 Å². The van der Waals surface area contributed by atoms with Crippen LogP contribution in [0.3, 0.4) is 0 Å². The molecular weight excluding hydrogens is 503 g/mol. The summed E-state index contributed by atoms with van der Waals surface area (Å²) < 4.78 is 80.7. The van der Waals surface area contributed by atoms with Gasteiger partial charge in [0.1, 0.15) is 8.45 Å². The van der Waals surface area contributed by atoms with E-state index in [1.54, 1.807) is 4.67 Å². The highest BCUT2D eigenvalue weighted by Gasteiger charge is 2.41. The van der Waals surface area contributed by atoms with Gasteiger partial charge in [-0.2, -0.15) is 31.0 Å². The van der Waals surface area contributed by atoms with E-state index in [1.165, 1.54) is 24.3 Å². The standard InChI is InChI=1S/C25H24F6N3OP/c26-24(27,28)19-6-10-21(11-7-19)32-15-14-23-17-34(22-12-8-20(9-13-22)25(29,30)31)36(35)33(23)16-18-4-2-1-3-5-18/h1-13,23,32,36H,14-17H2/t23-/m0/s1. The number of nitrogens with one attached hydrogen (secondary N) is 1. The van der Waals surface area contributed by atoms with Gasteiger partial charge in [0.25, 0.3) is 0 Å². The monoisotopic (exact) mass is 527 g/mol. The molecule has 1 unspecified atom stereocenters. The minimum Gasteiger partial charge on any atom is -0.648 e. The second-order valence-corrected chi connectivity index (χ2v) is 10.2. The van der Waals surface area contributed by atoms with E-state index in [9.17, 15) is 31.2 Å². The molecule has 1 N–H and O–H groups in total. The summed E-state index contributed by atoms with van der Waals surface area (Å²) in [4.78, 5) is 13.5. The molecule has 0 radical (unpaired) electrons. The first-order valence-electron chi connectivity index (χ1n) is 11.2. The Morgan fingerprint density at radius 3 is 1.92 bits per heavy atom. The largest absolute Gasteiger partial charge is 0.648 e. The first-order chi connectivity index (χ1) is 17.0. The topological polar surface area (TPSA) is 41.6 Å². The van der Waals surface area contributed by atoms with Crippen molar-refractivity contribution in [2.75, 3.05) is 23.1 Å². The van der Waals surface area contributed by atoms with E-state index >= 15 is 0 Å². The van der Waals surface area contributed by atoms with Crippen molar-refractivity contribution in [1.29, 1.82) is 0 Å². The molecule has 3 aromatic carbocycles. The maximum Gasteiger partial charge on any atom is 0.416 e. The van der Waals surface area contributed by atoms with Gasteiger partial charge in [0, 0.05) is 12.2 Å². The van der Waals surface area contributed by atoms with E-state index in [1.807, 2.05) is 35.0 Å². The molecule has 1 aliphatic rings. The van der Waals surface area contributed by atoms with Crippen molar-refractivity contribution in [3.05, 3.63) is 95.6 Å². The molecule has 0 aromatic heterocycles. The molecular formula is C25H24F6N3OP. The lowest BCUT2D eigenvalue weighted by Crippen LogP contribution is -2.31. The number of alkyl halides is 6. The summed E-state index contributed by atoms with van der Waals surface area (Å²) in [5, 5.41) is 3.10. The average Bonchev–Trinajstić information content (AvgIpc) is 3.14. The number of benzene rings is 3. The molecule has 0 spiro atoms. The van der Waals surface area contributed by atoms with Gasteiger partial charge in [-0.15, -0.1) is 0 Å². The molecule has 0 bridgehead atoms. The maximum absolute atomic E-state index is 13.5. The Kier molecular flexibility index (Phi) is 7.78. The third kappa shape index (κ3) is 6.30. The Bertz CT molecular complexity index is 1120. The van der Waals surface area contributed by atoms with Crippen molar-refractivity contribution in [2.24, 2.45) is 0 Å². The van der Waals surface area contributed by atoms with Crippen molar-refractivity contribution < 1.29 is 31.2 Å². The molecule has 2 atom stereocenters. The third-order valence-electron chi connectivity index (χ3n) is 6.03. The van der Waals surface area contributed by atoms with Gasteiger partial charge < -0.3 is 10.2 Å². The number of hydrogen-bond acceptors (Lipinski definition) is 4. The highest BCUT2D eigenvalue weighted by molar-refractivity contribution is 7.49. The molecule has 192 valence electrons. The predicted molar refractivity (Wildman–Crippen MR) is 127 cm³/mol. The van der Waals surface area contributed by atoms with Gasteiger partial charge >= 0.3 is 12.4 Å². The Morgan fingerprint density at radius 1 is 0.806 bits per heavy atom. The summed E-state index contributed by atoms with van der Waals surface area (Å²) in [6.07, 6.45) is -8.34. The van der Waals surface area contributed by atoms with Gasteiger partial charge in [0.15, 0.2) is 0 Å². The lowest BCUT2D eigenvalue weighted by molar-refractivity contribution is -0.170. The van der Waals surface area contributed by atoms with Crippen LogP contribution in [0.1, 0.15) is 23.1 Å². The molecule has 4 rings (SSSR count). The fraction of sp³-hybridized carbons (Fsp3) is 0.280. The fourth-order valence-corrected chi connectivity index (χ4v) is 6.02. The van der Waals surface area contributed by atoms with Gasteiger partial charge in [0.2, 0.25) is 0 Å². The molecule has 1 heterocycles. The zero-order valence-corrected chi connectivity index (χ0v) is 20.0. The smallest absolute Gasteiger partial charge is 0.416 e. The van der Waals surface area contributed by atoms with Gasteiger partial charge in [-0.3, -0.25) is 0 Å². The van der Waals surface area contributed by atoms with Crippen LogP contribution in [0.5, 0.6) is 0 Å². The van der Waals surface area contributed by atoms with E-state index in [-0.39, 0.29) is 6.04 Å². The Morgan fingerprint density at radius 2 is 1.36 bits per heavy atom. The number of nitrogens with zero attached hydrogens (tertiary/aromatic N) is 2. The Hall–Kier alpha value is -2.81. The molecule has 11 heteroatoms. The van der Waals surface area contributed by atoms with Crippen LogP contribution in [0.15, 0.2) is 78.9 Å². The minimum absolute atomic E-state index is 0.180. The summed E-state index contributed by atoms with van der Waals surface area (Å²) in [6, 6.07) is 18.6. The number of halogens is 6. The van der Waals surface area contributed by atoms with Crippen molar-refractivity contribution in [3.63, 3.8) is 0 Å². The quantitative estimate of drug-likeness (QED) is 0.292. The van der Waals surface area contributed by atoms with E-state index in [0.29, 0.717) is 37.4 Å². The fourth-order valence-electron chi connectivity index (χ4n) is 4.13. The van der Waals surface area contributed by atoms with E-state index < -0.39 is 31.9 Å². The number of hydrogen-bond donors (Lipinski definition) is 1. The van der Waals surface area contributed by atoms with Crippen molar-refractivity contribution >= 4 is 19.8 Å². The lowest BCUT2D eigenvalue weighted by Gasteiger charge is -2.28. The van der Waals surface area contributed by atoms with Crippen LogP contribution < -0.4 is 14.9 Å². The highest BCUT2D eigenvalue weighted by atomic mass is 31.2. The van der Waals surface area contributed by atoms with E-state index in [0.717, 1.165) is 29.8 Å². The molecule has 3 aromatic rings. The molecule has 0 amide bonds. The minimum atomic E-state index is -4.46. The van der Waals surface area contributed by atoms with E-state index in [2.05, 4.69) is 5.32 Å². The van der Waals surface area contributed by atoms with Gasteiger partial charge in [-0.25, -0.2) is 4.67 Å². The summed E-state index contributed by atoms with van der Waals surface area (Å²) >= 11 is 0. The predicted octanol–water partition coefficient (Wildman–Crippen LogP) is 6.24. The molecule has 1 saturated heterocycles. The van der Waals surface area contributed by atoms with Crippen LogP contribution in [0.2, 0.25) is 0 Å². The summed E-state index contributed by atoms with van der Waals surface area (Å²) in [5.74, 6) is 0. The van der Waals surface area contributed by atoms with Gasteiger partial charge in [-0.05, 0) is 60.5 Å². The molecule has 1 aliphatic heterocycles. The van der Waals surface area contributed by atoms with Crippen LogP contribution in [-0.2, 0) is 18.9 Å². The SMILES string of the molecule is [O-][PH+]1N(c2ccc(C(F)(F)F)cc2)C[C@H](CCNc2ccc(C(F)(F)F)cc2)N1Cc1ccccc1. The van der Waals surface area contributed by atoms with Gasteiger partial charge in [0.05, 0.1) is 35.9 Å². The lowest BCUT2D eigenvalue weighted by atomic mass is 10.1. The normalized spacial score (nSPS) is 19.0. The highest BCUT2D eigenvalue weighted by Crippen LogP contribution is 2.49. The van der Waals surface area contributed by atoms with Crippen LogP contribution >= 0.6 is 8.45 Å². The molecule has 1 fully saturated rings. The van der Waals surface area contributed by atoms with E-state index in [4.69, 9.17) is 0 Å². The zero-order valence-electron chi connectivity index (χ0n) is 19.0.